The van der Waals surface area contributed by atoms with Crippen molar-refractivity contribution in [2.24, 2.45) is 0 Å². The van der Waals surface area contributed by atoms with Gasteiger partial charge in [-0.1, -0.05) is 29.8 Å². The molecule has 0 amide bonds. The highest BCUT2D eigenvalue weighted by Gasteiger charge is 2.26. The Morgan fingerprint density at radius 3 is 2.65 bits per heavy atom. The highest BCUT2D eigenvalue weighted by molar-refractivity contribution is 7.92. The molecule has 31 heavy (non-hydrogen) atoms. The van der Waals surface area contributed by atoms with Crippen molar-refractivity contribution in [2.45, 2.75) is 11.8 Å². The van der Waals surface area contributed by atoms with E-state index in [-0.39, 0.29) is 20.9 Å². The van der Waals surface area contributed by atoms with Gasteiger partial charge in [0.25, 0.3) is 10.0 Å². The first-order valence-corrected chi connectivity index (χ1v) is 10.8. The number of aromatic amines is 1. The maximum absolute atomic E-state index is 15.2. The third-order valence-corrected chi connectivity index (χ3v) is 6.42. The lowest BCUT2D eigenvalue weighted by Gasteiger charge is -2.13. The van der Waals surface area contributed by atoms with Crippen LogP contribution in [-0.4, -0.2) is 24.2 Å². The lowest BCUT2D eigenvalue weighted by Crippen LogP contribution is -2.17. The molecular formula is C21H14ClF2N3O3S. The molecule has 0 unspecified atom stereocenters. The minimum atomic E-state index is -4.17. The molecule has 6 nitrogen and oxygen atoms in total. The average Bonchev–Trinajstić information content (AvgIpc) is 3.13. The van der Waals surface area contributed by atoms with Crippen molar-refractivity contribution in [3.63, 3.8) is 0 Å². The number of pyridine rings is 1. The van der Waals surface area contributed by atoms with Crippen molar-refractivity contribution in [3.8, 4) is 0 Å². The van der Waals surface area contributed by atoms with Crippen LogP contribution in [0.4, 0.5) is 14.5 Å². The number of carbonyl (C=O) groups excluding carboxylic acids is 1. The molecule has 0 aliphatic heterocycles. The predicted octanol–water partition coefficient (Wildman–Crippen LogP) is 4.83. The minimum Gasteiger partial charge on any atom is -0.345 e. The normalized spacial score (nSPS) is 11.6. The van der Waals surface area contributed by atoms with Gasteiger partial charge in [-0.15, -0.1) is 0 Å². The summed E-state index contributed by atoms with van der Waals surface area (Å²) in [5.74, 6) is -3.44. The minimum absolute atomic E-state index is 0.0540. The average molecular weight is 462 g/mol. The summed E-state index contributed by atoms with van der Waals surface area (Å²) >= 11 is 5.92. The summed E-state index contributed by atoms with van der Waals surface area (Å²) in [5, 5.41) is 0.518. The standard InChI is InChI=1S/C21H14ClF2N3O3S/c1-11-4-2-3-5-17(11)31(29,30)27-16-7-6-15(23)18(19(16)24)20(28)14-10-26-21-13(14)8-12(22)9-25-21/h2-10,27H,1H3,(H,25,26). The van der Waals surface area contributed by atoms with Crippen molar-refractivity contribution in [3.05, 3.63) is 88.2 Å². The Kier molecular flexibility index (Phi) is 5.24. The lowest BCUT2D eigenvalue weighted by molar-refractivity contribution is 0.103. The van der Waals surface area contributed by atoms with Crippen LogP contribution in [-0.2, 0) is 10.0 Å². The molecule has 4 aromatic rings. The van der Waals surface area contributed by atoms with Gasteiger partial charge >= 0.3 is 0 Å². The number of aryl methyl sites for hydroxylation is 1. The summed E-state index contributed by atoms with van der Waals surface area (Å²) in [5.41, 5.74) is -0.751. The Balaban J connectivity index is 1.78. The van der Waals surface area contributed by atoms with E-state index in [9.17, 15) is 17.6 Å². The first-order chi connectivity index (χ1) is 14.7. The lowest BCUT2D eigenvalue weighted by atomic mass is 10.0. The van der Waals surface area contributed by atoms with Crippen molar-refractivity contribution in [1.82, 2.24) is 9.97 Å². The first-order valence-electron chi connectivity index (χ1n) is 8.93. The zero-order valence-electron chi connectivity index (χ0n) is 15.9. The second-order valence-corrected chi connectivity index (χ2v) is 8.82. The molecule has 0 saturated heterocycles. The molecular weight excluding hydrogens is 448 g/mol. The molecule has 2 heterocycles. The molecule has 0 atom stereocenters. The van der Waals surface area contributed by atoms with Crippen molar-refractivity contribution in [1.29, 1.82) is 0 Å². The SMILES string of the molecule is Cc1ccccc1S(=O)(=O)Nc1ccc(F)c(C(=O)c2c[nH]c3ncc(Cl)cc23)c1F. The number of benzene rings is 2. The number of hydrogen-bond donors (Lipinski definition) is 2. The highest BCUT2D eigenvalue weighted by Crippen LogP contribution is 2.29. The molecule has 0 radical (unpaired) electrons. The Labute approximate surface area is 180 Å². The van der Waals surface area contributed by atoms with E-state index in [1.807, 2.05) is 0 Å². The summed E-state index contributed by atoms with van der Waals surface area (Å²) in [6.45, 7) is 1.58. The van der Waals surface area contributed by atoms with E-state index in [1.54, 1.807) is 19.1 Å². The number of sulfonamides is 1. The molecule has 2 aromatic heterocycles. The molecule has 0 bridgehead atoms. The molecule has 4 rings (SSSR count). The third-order valence-electron chi connectivity index (χ3n) is 4.69. The Bertz CT molecular complexity index is 1450. The van der Waals surface area contributed by atoms with E-state index < -0.39 is 38.7 Å². The van der Waals surface area contributed by atoms with Gasteiger partial charge in [-0.2, -0.15) is 0 Å². The van der Waals surface area contributed by atoms with E-state index in [0.717, 1.165) is 12.1 Å². The molecule has 0 spiro atoms. The quantitative estimate of drug-likeness (QED) is 0.416. The fourth-order valence-corrected chi connectivity index (χ4v) is 4.66. The van der Waals surface area contributed by atoms with Gasteiger partial charge in [-0.25, -0.2) is 22.2 Å². The summed E-state index contributed by atoms with van der Waals surface area (Å²) in [7, 11) is -4.17. The molecule has 0 aliphatic carbocycles. The zero-order chi connectivity index (χ0) is 22.3. The molecule has 0 fully saturated rings. The number of ketones is 1. The molecule has 10 heteroatoms. The van der Waals surface area contributed by atoms with Crippen LogP contribution < -0.4 is 4.72 Å². The van der Waals surface area contributed by atoms with E-state index >= 15 is 4.39 Å². The van der Waals surface area contributed by atoms with E-state index in [4.69, 9.17) is 11.6 Å². The second kappa shape index (κ2) is 7.75. The summed E-state index contributed by atoms with van der Waals surface area (Å²) in [6, 6.07) is 9.30. The summed E-state index contributed by atoms with van der Waals surface area (Å²) < 4.78 is 57.1. The van der Waals surface area contributed by atoms with Gasteiger partial charge in [-0.05, 0) is 36.8 Å². The molecule has 0 saturated carbocycles. The smallest absolute Gasteiger partial charge is 0.262 e. The number of H-pyrrole nitrogens is 1. The van der Waals surface area contributed by atoms with Gasteiger partial charge in [0.05, 0.1) is 21.2 Å². The maximum Gasteiger partial charge on any atom is 0.262 e. The van der Waals surface area contributed by atoms with Crippen LogP contribution in [0, 0.1) is 18.6 Å². The van der Waals surface area contributed by atoms with Crippen LogP contribution >= 0.6 is 11.6 Å². The molecule has 2 N–H and O–H groups in total. The van der Waals surface area contributed by atoms with Crippen LogP contribution in [0.1, 0.15) is 21.5 Å². The fourth-order valence-electron chi connectivity index (χ4n) is 3.20. The van der Waals surface area contributed by atoms with Crippen LogP contribution in [0.5, 0.6) is 0 Å². The number of nitrogens with zero attached hydrogens (tertiary/aromatic N) is 1. The van der Waals surface area contributed by atoms with E-state index in [2.05, 4.69) is 14.7 Å². The number of carbonyl (C=O) groups is 1. The maximum atomic E-state index is 15.2. The summed E-state index contributed by atoms with van der Waals surface area (Å²) in [6.07, 6.45) is 2.62. The number of nitrogens with one attached hydrogen (secondary N) is 2. The Hall–Kier alpha value is -3.30. The van der Waals surface area contributed by atoms with E-state index in [0.29, 0.717) is 11.2 Å². The van der Waals surface area contributed by atoms with Crippen LogP contribution in [0.25, 0.3) is 11.0 Å². The molecule has 2 aromatic carbocycles. The number of halogens is 3. The molecule has 0 aliphatic rings. The topological polar surface area (TPSA) is 91.9 Å². The zero-order valence-corrected chi connectivity index (χ0v) is 17.5. The number of rotatable bonds is 5. The largest absolute Gasteiger partial charge is 0.345 e. The van der Waals surface area contributed by atoms with Crippen LogP contribution in [0.2, 0.25) is 5.02 Å². The number of fused-ring (bicyclic) bond motifs is 1. The van der Waals surface area contributed by atoms with Gasteiger partial charge in [0.15, 0.2) is 5.82 Å². The third kappa shape index (κ3) is 3.77. The Morgan fingerprint density at radius 1 is 1.16 bits per heavy atom. The highest BCUT2D eigenvalue weighted by atomic mass is 35.5. The predicted molar refractivity (Wildman–Crippen MR) is 113 cm³/mol. The summed E-state index contributed by atoms with van der Waals surface area (Å²) in [4.78, 5) is 19.7. The number of aromatic nitrogens is 2. The second-order valence-electron chi connectivity index (χ2n) is 6.74. The first kappa shape index (κ1) is 21.0. The monoisotopic (exact) mass is 461 g/mol. The number of anilines is 1. The Morgan fingerprint density at radius 2 is 1.90 bits per heavy atom. The molecule has 158 valence electrons. The van der Waals surface area contributed by atoms with Gasteiger partial charge in [0.1, 0.15) is 11.5 Å². The van der Waals surface area contributed by atoms with Gasteiger partial charge in [0.2, 0.25) is 5.78 Å². The van der Waals surface area contributed by atoms with Crippen LogP contribution in [0.3, 0.4) is 0 Å². The van der Waals surface area contributed by atoms with Crippen molar-refractivity contribution >= 4 is 44.1 Å². The fraction of sp³-hybridized carbons (Fsp3) is 0.0476. The number of hydrogen-bond acceptors (Lipinski definition) is 4. The van der Waals surface area contributed by atoms with Gasteiger partial charge in [0, 0.05) is 23.3 Å². The van der Waals surface area contributed by atoms with Crippen molar-refractivity contribution < 1.29 is 22.0 Å². The van der Waals surface area contributed by atoms with E-state index in [1.165, 1.54) is 30.6 Å². The van der Waals surface area contributed by atoms with Gasteiger partial charge < -0.3 is 4.98 Å². The van der Waals surface area contributed by atoms with Crippen LogP contribution in [0.15, 0.2) is 59.8 Å². The van der Waals surface area contributed by atoms with Gasteiger partial charge in [-0.3, -0.25) is 9.52 Å². The van der Waals surface area contributed by atoms with Crippen molar-refractivity contribution in [2.75, 3.05) is 4.72 Å².